The zero-order chi connectivity index (χ0) is 16.2. The van der Waals surface area contributed by atoms with Crippen LogP contribution in [-0.4, -0.2) is 18.0 Å². The van der Waals surface area contributed by atoms with Gasteiger partial charge >= 0.3 is 0 Å². The average Bonchev–Trinajstić information content (AvgIpc) is 2.96. The summed E-state index contributed by atoms with van der Waals surface area (Å²) in [7, 11) is 0. The van der Waals surface area contributed by atoms with Gasteiger partial charge in [-0.05, 0) is 31.0 Å². The van der Waals surface area contributed by atoms with Gasteiger partial charge in [-0.15, -0.1) is 0 Å². The van der Waals surface area contributed by atoms with Gasteiger partial charge in [0.2, 0.25) is 0 Å². The Morgan fingerprint density at radius 2 is 1.95 bits per heavy atom. The van der Waals surface area contributed by atoms with Crippen molar-refractivity contribution in [3.05, 3.63) is 48.2 Å². The van der Waals surface area contributed by atoms with Crippen LogP contribution in [0.3, 0.4) is 0 Å². The number of hydrogen-bond acceptors (Lipinski definition) is 4. The SMILES string of the molecule is CC(C)C(C)(CN)NC(=O)c1ccc(Oc2ccccc2)o1. The molecule has 5 heteroatoms. The number of para-hydroxylation sites is 1. The predicted octanol–water partition coefficient (Wildman–Crippen LogP) is 3.18. The van der Waals surface area contributed by atoms with E-state index in [-0.39, 0.29) is 23.5 Å². The van der Waals surface area contributed by atoms with Crippen molar-refractivity contribution in [1.82, 2.24) is 5.32 Å². The zero-order valence-electron chi connectivity index (χ0n) is 13.1. The van der Waals surface area contributed by atoms with Gasteiger partial charge in [0.05, 0.1) is 5.54 Å². The molecular formula is C17H22N2O3. The third-order valence-electron chi connectivity index (χ3n) is 3.86. The standard InChI is InChI=1S/C17H22N2O3/c1-12(2)17(3,11-18)19-16(20)14-9-10-15(22-14)21-13-7-5-4-6-8-13/h4-10,12H,11,18H2,1-3H3,(H,19,20). The molecule has 0 radical (unpaired) electrons. The number of carbonyl (C=O) groups is 1. The molecule has 1 unspecified atom stereocenters. The Morgan fingerprint density at radius 3 is 2.55 bits per heavy atom. The van der Waals surface area contributed by atoms with Crippen molar-refractivity contribution in [2.24, 2.45) is 11.7 Å². The highest BCUT2D eigenvalue weighted by molar-refractivity contribution is 5.92. The van der Waals surface area contributed by atoms with E-state index in [1.54, 1.807) is 12.1 Å². The van der Waals surface area contributed by atoms with Crippen LogP contribution in [-0.2, 0) is 0 Å². The molecule has 0 fully saturated rings. The third-order valence-corrected chi connectivity index (χ3v) is 3.86. The van der Waals surface area contributed by atoms with Gasteiger partial charge < -0.3 is 20.2 Å². The summed E-state index contributed by atoms with van der Waals surface area (Å²) in [5, 5.41) is 2.92. The van der Waals surface area contributed by atoms with Crippen LogP contribution in [0.15, 0.2) is 46.9 Å². The molecule has 0 spiro atoms. The van der Waals surface area contributed by atoms with Gasteiger partial charge in [0.25, 0.3) is 11.9 Å². The zero-order valence-corrected chi connectivity index (χ0v) is 13.1. The number of rotatable bonds is 6. The lowest BCUT2D eigenvalue weighted by molar-refractivity contribution is 0.0849. The van der Waals surface area contributed by atoms with Crippen molar-refractivity contribution in [3.8, 4) is 11.7 Å². The largest absolute Gasteiger partial charge is 0.426 e. The van der Waals surface area contributed by atoms with E-state index in [1.165, 1.54) is 0 Å². The van der Waals surface area contributed by atoms with E-state index in [0.717, 1.165) is 0 Å². The molecule has 3 N–H and O–H groups in total. The molecule has 5 nitrogen and oxygen atoms in total. The minimum atomic E-state index is -0.482. The highest BCUT2D eigenvalue weighted by atomic mass is 16.6. The second kappa shape index (κ2) is 6.66. The Bertz CT molecular complexity index is 622. The van der Waals surface area contributed by atoms with Crippen molar-refractivity contribution in [3.63, 3.8) is 0 Å². The molecule has 0 aliphatic heterocycles. The van der Waals surface area contributed by atoms with Gasteiger partial charge in [-0.1, -0.05) is 32.0 Å². The first-order chi connectivity index (χ1) is 10.4. The predicted molar refractivity (Wildman–Crippen MR) is 85.0 cm³/mol. The maximum absolute atomic E-state index is 12.3. The smallest absolute Gasteiger partial charge is 0.290 e. The average molecular weight is 302 g/mol. The van der Waals surface area contributed by atoms with E-state index in [0.29, 0.717) is 12.3 Å². The molecule has 1 heterocycles. The molecule has 2 rings (SSSR count). The maximum Gasteiger partial charge on any atom is 0.290 e. The Kier molecular flexibility index (Phi) is 4.88. The third kappa shape index (κ3) is 3.68. The van der Waals surface area contributed by atoms with Crippen molar-refractivity contribution in [2.75, 3.05) is 6.54 Å². The van der Waals surface area contributed by atoms with Crippen molar-refractivity contribution < 1.29 is 13.9 Å². The lowest BCUT2D eigenvalue weighted by atomic mass is 9.88. The topological polar surface area (TPSA) is 77.5 Å². The molecule has 1 atom stereocenters. The lowest BCUT2D eigenvalue weighted by Crippen LogP contribution is -2.54. The molecule has 0 saturated heterocycles. The number of nitrogens with two attached hydrogens (primary N) is 1. The highest BCUT2D eigenvalue weighted by Crippen LogP contribution is 2.24. The summed E-state index contributed by atoms with van der Waals surface area (Å²) in [6.45, 7) is 6.29. The molecule has 0 saturated carbocycles. The number of benzene rings is 1. The lowest BCUT2D eigenvalue weighted by Gasteiger charge is -2.33. The van der Waals surface area contributed by atoms with Crippen LogP contribution in [0.25, 0.3) is 0 Å². The van der Waals surface area contributed by atoms with E-state index in [1.807, 2.05) is 51.1 Å². The Labute approximate surface area is 130 Å². The summed E-state index contributed by atoms with van der Waals surface area (Å²) in [6.07, 6.45) is 0. The molecule has 22 heavy (non-hydrogen) atoms. The molecule has 1 aromatic carbocycles. The van der Waals surface area contributed by atoms with Crippen molar-refractivity contribution >= 4 is 5.91 Å². The summed E-state index contributed by atoms with van der Waals surface area (Å²) in [6, 6.07) is 12.5. The molecule has 118 valence electrons. The fourth-order valence-corrected chi connectivity index (χ4v) is 1.85. The fourth-order valence-electron chi connectivity index (χ4n) is 1.85. The van der Waals surface area contributed by atoms with E-state index >= 15 is 0 Å². The second-order valence-electron chi connectivity index (χ2n) is 5.76. The first-order valence-corrected chi connectivity index (χ1v) is 7.30. The summed E-state index contributed by atoms with van der Waals surface area (Å²) >= 11 is 0. The van der Waals surface area contributed by atoms with Crippen LogP contribution < -0.4 is 15.8 Å². The van der Waals surface area contributed by atoms with Gasteiger partial charge in [-0.3, -0.25) is 4.79 Å². The molecule has 0 bridgehead atoms. The molecule has 0 aliphatic rings. The first-order valence-electron chi connectivity index (χ1n) is 7.30. The van der Waals surface area contributed by atoms with Crippen LogP contribution in [0.1, 0.15) is 31.3 Å². The van der Waals surface area contributed by atoms with Gasteiger partial charge in [-0.2, -0.15) is 0 Å². The van der Waals surface area contributed by atoms with Gasteiger partial charge in [0.15, 0.2) is 5.76 Å². The van der Waals surface area contributed by atoms with E-state index in [9.17, 15) is 4.79 Å². The van der Waals surface area contributed by atoms with Crippen LogP contribution in [0.2, 0.25) is 0 Å². The normalized spacial score (nSPS) is 13.7. The number of furan rings is 1. The molecule has 1 amide bonds. The molecular weight excluding hydrogens is 280 g/mol. The van der Waals surface area contributed by atoms with Crippen LogP contribution in [0.4, 0.5) is 0 Å². The summed E-state index contributed by atoms with van der Waals surface area (Å²) in [5.74, 6) is 1.03. The number of amides is 1. The Balaban J connectivity index is 2.06. The molecule has 2 aromatic rings. The highest BCUT2D eigenvalue weighted by Gasteiger charge is 2.30. The quantitative estimate of drug-likeness (QED) is 0.859. The van der Waals surface area contributed by atoms with E-state index < -0.39 is 5.54 Å². The summed E-state index contributed by atoms with van der Waals surface area (Å²) < 4.78 is 11.0. The van der Waals surface area contributed by atoms with Crippen molar-refractivity contribution in [1.29, 1.82) is 0 Å². The number of ether oxygens (including phenoxy) is 1. The second-order valence-corrected chi connectivity index (χ2v) is 5.76. The van der Waals surface area contributed by atoms with Gasteiger partial charge in [0.1, 0.15) is 5.75 Å². The summed E-state index contributed by atoms with van der Waals surface area (Å²) in [4.78, 5) is 12.3. The first kappa shape index (κ1) is 16.1. The maximum atomic E-state index is 12.3. The van der Waals surface area contributed by atoms with Crippen LogP contribution >= 0.6 is 0 Å². The number of nitrogens with one attached hydrogen (secondary N) is 1. The minimum absolute atomic E-state index is 0.200. The summed E-state index contributed by atoms with van der Waals surface area (Å²) in [5.41, 5.74) is 5.29. The molecule has 0 aliphatic carbocycles. The monoisotopic (exact) mass is 302 g/mol. The Hall–Kier alpha value is -2.27. The fraction of sp³-hybridized carbons (Fsp3) is 0.353. The van der Waals surface area contributed by atoms with Crippen LogP contribution in [0.5, 0.6) is 11.7 Å². The number of hydrogen-bond donors (Lipinski definition) is 2. The van der Waals surface area contributed by atoms with Gasteiger partial charge in [-0.25, -0.2) is 0 Å². The molecule has 1 aromatic heterocycles. The van der Waals surface area contributed by atoms with E-state index in [2.05, 4.69) is 5.32 Å². The van der Waals surface area contributed by atoms with Crippen molar-refractivity contribution in [2.45, 2.75) is 26.3 Å². The Morgan fingerprint density at radius 1 is 1.27 bits per heavy atom. The number of carbonyl (C=O) groups excluding carboxylic acids is 1. The van der Waals surface area contributed by atoms with Gasteiger partial charge in [0, 0.05) is 12.6 Å². The van der Waals surface area contributed by atoms with Crippen LogP contribution in [0, 0.1) is 5.92 Å². The minimum Gasteiger partial charge on any atom is -0.426 e. The van der Waals surface area contributed by atoms with E-state index in [4.69, 9.17) is 14.9 Å².